The van der Waals surface area contributed by atoms with Crippen LogP contribution in [-0.4, -0.2) is 29.5 Å². The second-order valence-electron chi connectivity index (χ2n) is 3.51. The van der Waals surface area contributed by atoms with Crippen LogP contribution in [0, 0.1) is 11.8 Å². The number of hydrogen-bond donors (Lipinski definition) is 0. The molecule has 0 aliphatic carbocycles. The van der Waals surface area contributed by atoms with E-state index in [1.807, 2.05) is 10.9 Å². The molecule has 0 amide bonds. The Morgan fingerprint density at radius 1 is 1.36 bits per heavy atom. The highest BCUT2D eigenvalue weighted by atomic mass is 32.1. The van der Waals surface area contributed by atoms with Gasteiger partial charge in [-0.3, -0.25) is 4.90 Å². The SMILES string of the molecule is C(#Cc1cscn1)CN1CCCCC1. The minimum atomic E-state index is 0.900. The Morgan fingerprint density at radius 3 is 2.93 bits per heavy atom. The molecule has 14 heavy (non-hydrogen) atoms. The largest absolute Gasteiger partial charge is 0.292 e. The third kappa shape index (κ3) is 2.83. The van der Waals surface area contributed by atoms with Gasteiger partial charge in [-0.2, -0.15) is 0 Å². The van der Waals surface area contributed by atoms with Crippen LogP contribution in [0.4, 0.5) is 0 Å². The molecule has 1 aromatic rings. The number of piperidine rings is 1. The maximum atomic E-state index is 4.13. The average molecular weight is 206 g/mol. The van der Waals surface area contributed by atoms with Crippen molar-refractivity contribution >= 4 is 11.3 Å². The van der Waals surface area contributed by atoms with Crippen molar-refractivity contribution in [2.75, 3.05) is 19.6 Å². The lowest BCUT2D eigenvalue weighted by molar-refractivity contribution is 0.255. The predicted molar refractivity (Wildman–Crippen MR) is 59.3 cm³/mol. The van der Waals surface area contributed by atoms with E-state index >= 15 is 0 Å². The zero-order valence-corrected chi connectivity index (χ0v) is 9.02. The molecule has 74 valence electrons. The number of nitrogens with zero attached hydrogens (tertiary/aromatic N) is 2. The lowest BCUT2D eigenvalue weighted by Gasteiger charge is -2.23. The summed E-state index contributed by atoms with van der Waals surface area (Å²) in [5, 5.41) is 1.99. The standard InChI is InChI=1S/C11H14N2S/c1-2-6-13(7-3-1)8-4-5-11-9-14-10-12-11/h9-10H,1-3,6-8H2. The van der Waals surface area contributed by atoms with Gasteiger partial charge in [0.1, 0.15) is 5.69 Å². The molecule has 0 aromatic carbocycles. The molecule has 1 aliphatic heterocycles. The van der Waals surface area contributed by atoms with Crippen LogP contribution in [0.2, 0.25) is 0 Å². The lowest BCUT2D eigenvalue weighted by atomic mass is 10.1. The zero-order valence-electron chi connectivity index (χ0n) is 8.20. The lowest BCUT2D eigenvalue weighted by Crippen LogP contribution is -2.29. The Balaban J connectivity index is 1.80. The van der Waals surface area contributed by atoms with Crippen LogP contribution >= 0.6 is 11.3 Å². The molecule has 0 spiro atoms. The van der Waals surface area contributed by atoms with Crippen molar-refractivity contribution in [1.29, 1.82) is 0 Å². The van der Waals surface area contributed by atoms with Crippen molar-refractivity contribution in [1.82, 2.24) is 9.88 Å². The van der Waals surface area contributed by atoms with Crippen LogP contribution in [0.15, 0.2) is 10.9 Å². The number of thiazole rings is 1. The molecular weight excluding hydrogens is 192 g/mol. The van der Waals surface area contributed by atoms with Crippen LogP contribution in [0.25, 0.3) is 0 Å². The molecule has 1 fully saturated rings. The van der Waals surface area contributed by atoms with E-state index in [4.69, 9.17) is 0 Å². The Labute approximate surface area is 89.0 Å². The molecule has 3 heteroatoms. The first-order chi connectivity index (χ1) is 6.95. The first-order valence-electron chi connectivity index (χ1n) is 5.04. The highest BCUT2D eigenvalue weighted by Gasteiger charge is 2.07. The van der Waals surface area contributed by atoms with E-state index in [0.717, 1.165) is 12.2 Å². The number of likely N-dealkylation sites (tertiary alicyclic amines) is 1. The van der Waals surface area contributed by atoms with Gasteiger partial charge in [0.15, 0.2) is 0 Å². The average Bonchev–Trinajstić information content (AvgIpc) is 2.72. The van der Waals surface area contributed by atoms with Gasteiger partial charge >= 0.3 is 0 Å². The van der Waals surface area contributed by atoms with Gasteiger partial charge in [0.05, 0.1) is 12.1 Å². The molecule has 2 rings (SSSR count). The van der Waals surface area contributed by atoms with Crippen molar-refractivity contribution in [3.05, 3.63) is 16.6 Å². The maximum Gasteiger partial charge on any atom is 0.124 e. The number of aromatic nitrogens is 1. The Bertz CT molecular complexity index is 315. The highest BCUT2D eigenvalue weighted by Crippen LogP contribution is 2.07. The monoisotopic (exact) mass is 206 g/mol. The van der Waals surface area contributed by atoms with E-state index in [2.05, 4.69) is 21.7 Å². The molecule has 0 saturated carbocycles. The predicted octanol–water partition coefficient (Wildman–Crippen LogP) is 1.98. The summed E-state index contributed by atoms with van der Waals surface area (Å²) in [4.78, 5) is 6.54. The molecule has 0 radical (unpaired) electrons. The minimum absolute atomic E-state index is 0.900. The van der Waals surface area contributed by atoms with E-state index in [1.54, 1.807) is 11.3 Å². The topological polar surface area (TPSA) is 16.1 Å². The van der Waals surface area contributed by atoms with Gasteiger partial charge in [0.2, 0.25) is 0 Å². The summed E-state index contributed by atoms with van der Waals surface area (Å²) in [5.41, 5.74) is 2.73. The molecule has 0 N–H and O–H groups in total. The van der Waals surface area contributed by atoms with Gasteiger partial charge < -0.3 is 0 Å². The van der Waals surface area contributed by atoms with Crippen molar-refractivity contribution in [2.24, 2.45) is 0 Å². The summed E-state index contributed by atoms with van der Waals surface area (Å²) in [6.07, 6.45) is 4.05. The second-order valence-corrected chi connectivity index (χ2v) is 4.23. The van der Waals surface area contributed by atoms with Crippen LogP contribution in [-0.2, 0) is 0 Å². The van der Waals surface area contributed by atoms with Gasteiger partial charge in [-0.15, -0.1) is 11.3 Å². The van der Waals surface area contributed by atoms with Gasteiger partial charge in [-0.25, -0.2) is 4.98 Å². The van der Waals surface area contributed by atoms with Crippen molar-refractivity contribution in [3.8, 4) is 11.8 Å². The fourth-order valence-electron chi connectivity index (χ4n) is 1.63. The molecule has 0 atom stereocenters. The van der Waals surface area contributed by atoms with Crippen LogP contribution in [0.3, 0.4) is 0 Å². The van der Waals surface area contributed by atoms with Gasteiger partial charge in [0, 0.05) is 5.38 Å². The third-order valence-corrected chi connectivity index (χ3v) is 2.99. The van der Waals surface area contributed by atoms with Crippen molar-refractivity contribution in [3.63, 3.8) is 0 Å². The Kier molecular flexibility index (Phi) is 3.56. The summed E-state index contributed by atoms with van der Waals surface area (Å²) in [5.74, 6) is 6.26. The summed E-state index contributed by atoms with van der Waals surface area (Å²) >= 11 is 1.60. The summed E-state index contributed by atoms with van der Waals surface area (Å²) in [7, 11) is 0. The zero-order chi connectivity index (χ0) is 9.64. The number of rotatable bonds is 1. The van der Waals surface area contributed by atoms with Crippen LogP contribution in [0.1, 0.15) is 25.0 Å². The summed E-state index contributed by atoms with van der Waals surface area (Å²) in [6.45, 7) is 3.33. The van der Waals surface area contributed by atoms with Gasteiger partial charge in [0.25, 0.3) is 0 Å². The highest BCUT2D eigenvalue weighted by molar-refractivity contribution is 7.07. The fraction of sp³-hybridized carbons (Fsp3) is 0.545. The third-order valence-electron chi connectivity index (χ3n) is 2.40. The minimum Gasteiger partial charge on any atom is -0.292 e. The van der Waals surface area contributed by atoms with E-state index < -0.39 is 0 Å². The summed E-state index contributed by atoms with van der Waals surface area (Å²) < 4.78 is 0. The molecule has 1 aromatic heterocycles. The maximum absolute atomic E-state index is 4.13. The van der Waals surface area contributed by atoms with Crippen LogP contribution in [0.5, 0.6) is 0 Å². The second kappa shape index (κ2) is 5.14. The Hall–Kier alpha value is -0.850. The number of hydrogen-bond acceptors (Lipinski definition) is 3. The summed E-state index contributed by atoms with van der Waals surface area (Å²) in [6, 6.07) is 0. The molecule has 2 nitrogen and oxygen atoms in total. The van der Waals surface area contributed by atoms with E-state index in [9.17, 15) is 0 Å². The van der Waals surface area contributed by atoms with E-state index in [1.165, 1.54) is 32.4 Å². The van der Waals surface area contributed by atoms with E-state index in [0.29, 0.717) is 0 Å². The van der Waals surface area contributed by atoms with Gasteiger partial charge in [-0.1, -0.05) is 12.3 Å². The fourth-order valence-corrected chi connectivity index (χ4v) is 2.12. The van der Waals surface area contributed by atoms with E-state index in [-0.39, 0.29) is 0 Å². The van der Waals surface area contributed by atoms with Crippen LogP contribution < -0.4 is 0 Å². The molecule has 1 aliphatic rings. The quantitative estimate of drug-likeness (QED) is 0.653. The van der Waals surface area contributed by atoms with Crippen molar-refractivity contribution in [2.45, 2.75) is 19.3 Å². The molecule has 0 bridgehead atoms. The molecule has 1 saturated heterocycles. The molecular formula is C11H14N2S. The van der Waals surface area contributed by atoms with Gasteiger partial charge in [-0.05, 0) is 31.9 Å². The molecule has 0 unspecified atom stereocenters. The first kappa shape index (κ1) is 9.70. The normalized spacial score (nSPS) is 17.4. The van der Waals surface area contributed by atoms with Crippen molar-refractivity contribution < 1.29 is 0 Å². The Morgan fingerprint density at radius 2 is 2.21 bits per heavy atom. The molecule has 2 heterocycles. The first-order valence-corrected chi connectivity index (χ1v) is 5.99. The smallest absolute Gasteiger partial charge is 0.124 e.